The number of aromatic nitrogens is 1. The Morgan fingerprint density at radius 1 is 1.25 bits per heavy atom. The van der Waals surface area contributed by atoms with Gasteiger partial charge in [-0.3, -0.25) is 4.79 Å². The van der Waals surface area contributed by atoms with Gasteiger partial charge in [-0.25, -0.2) is 4.98 Å². The number of carbonyl (C=O) groups excluding carboxylic acids is 1. The molecule has 0 radical (unpaired) electrons. The number of halogens is 1. The monoisotopic (exact) mass is 347 g/mol. The van der Waals surface area contributed by atoms with Crippen LogP contribution in [0.5, 0.6) is 0 Å². The molecule has 128 valence electrons. The first-order valence-corrected chi connectivity index (χ1v) is 8.37. The zero-order chi connectivity index (χ0) is 17.5. The van der Waals surface area contributed by atoms with Gasteiger partial charge in [-0.2, -0.15) is 0 Å². The van der Waals surface area contributed by atoms with Crippen LogP contribution in [0.3, 0.4) is 0 Å². The van der Waals surface area contributed by atoms with Crippen molar-refractivity contribution < 1.29 is 9.69 Å². The maximum Gasteiger partial charge on any atom is 0.279 e. The summed E-state index contributed by atoms with van der Waals surface area (Å²) in [6.45, 7) is 4.13. The molecule has 1 unspecified atom stereocenters. The van der Waals surface area contributed by atoms with Gasteiger partial charge in [-0.15, -0.1) is 0 Å². The first-order valence-electron chi connectivity index (χ1n) is 7.99. The quantitative estimate of drug-likeness (QED) is 0.751. The Morgan fingerprint density at radius 3 is 2.54 bits per heavy atom. The Bertz CT molecular complexity index is 673. The number of benzene rings is 1. The Hall–Kier alpha value is -2.11. The summed E-state index contributed by atoms with van der Waals surface area (Å²) >= 11 is 5.97. The Labute approximate surface area is 148 Å². The van der Waals surface area contributed by atoms with Crippen LogP contribution in [0.25, 0.3) is 0 Å². The van der Waals surface area contributed by atoms with Crippen molar-refractivity contribution in [2.24, 2.45) is 0 Å². The van der Waals surface area contributed by atoms with Gasteiger partial charge in [0, 0.05) is 31.5 Å². The van der Waals surface area contributed by atoms with E-state index < -0.39 is 0 Å². The van der Waals surface area contributed by atoms with Gasteiger partial charge < -0.3 is 15.1 Å². The van der Waals surface area contributed by atoms with Crippen LogP contribution in [0.1, 0.15) is 12.5 Å². The van der Waals surface area contributed by atoms with Gasteiger partial charge in [0.05, 0.1) is 12.2 Å². The van der Waals surface area contributed by atoms with Gasteiger partial charge >= 0.3 is 0 Å². The van der Waals surface area contributed by atoms with Gasteiger partial charge in [-0.05, 0) is 31.2 Å². The highest BCUT2D eigenvalue weighted by Crippen LogP contribution is 2.16. The van der Waals surface area contributed by atoms with Gasteiger partial charge in [0.15, 0.2) is 11.7 Å². The molecule has 24 heavy (non-hydrogen) atoms. The van der Waals surface area contributed by atoms with E-state index in [1.54, 1.807) is 18.3 Å². The second kappa shape index (κ2) is 8.66. The van der Waals surface area contributed by atoms with Crippen molar-refractivity contribution in [3.05, 3.63) is 53.3 Å². The summed E-state index contributed by atoms with van der Waals surface area (Å²) in [6, 6.07) is 11.9. The zero-order valence-corrected chi connectivity index (χ0v) is 15.1. The summed E-state index contributed by atoms with van der Waals surface area (Å²) < 4.78 is 0. The number of nitrogens with one attached hydrogen (secondary N) is 2. The predicted molar refractivity (Wildman–Crippen MR) is 98.7 cm³/mol. The lowest BCUT2D eigenvalue weighted by molar-refractivity contribution is -0.903. The number of hydrogen-bond acceptors (Lipinski definition) is 3. The van der Waals surface area contributed by atoms with Crippen molar-refractivity contribution >= 4 is 28.9 Å². The highest BCUT2D eigenvalue weighted by molar-refractivity contribution is 6.32. The van der Waals surface area contributed by atoms with Crippen LogP contribution in [0, 0.1) is 0 Å². The fourth-order valence-electron chi connectivity index (χ4n) is 2.41. The number of anilines is 2. The minimum Gasteiger partial charge on any atom is -0.378 e. The minimum absolute atomic E-state index is 0.0633. The molecular formula is C18H24ClN4O+. The standard InChI is InChI=1S/C18H23ClN4O/c1-4-23(12-14-7-9-15(10-8-14)22(2)3)13-17(24)21-16-6-5-11-20-18(16)19/h5-11H,4,12-13H2,1-3H3,(H,21,24)/p+1. The smallest absolute Gasteiger partial charge is 0.279 e. The number of amides is 1. The minimum atomic E-state index is -0.0633. The molecule has 2 N–H and O–H groups in total. The van der Waals surface area contributed by atoms with Crippen molar-refractivity contribution in [3.8, 4) is 0 Å². The second-order valence-electron chi connectivity index (χ2n) is 5.91. The van der Waals surface area contributed by atoms with Gasteiger partial charge in [-0.1, -0.05) is 23.7 Å². The van der Waals surface area contributed by atoms with Gasteiger partial charge in [0.2, 0.25) is 0 Å². The molecule has 2 rings (SSSR count). The molecule has 2 aromatic rings. The van der Waals surface area contributed by atoms with E-state index in [0.29, 0.717) is 17.4 Å². The van der Waals surface area contributed by atoms with E-state index in [4.69, 9.17) is 11.6 Å². The summed E-state index contributed by atoms with van der Waals surface area (Å²) in [5.41, 5.74) is 2.93. The molecule has 0 bridgehead atoms. The predicted octanol–water partition coefficient (Wildman–Crippen LogP) is 1.84. The zero-order valence-electron chi connectivity index (χ0n) is 14.3. The lowest BCUT2D eigenvalue weighted by Crippen LogP contribution is -3.11. The molecule has 0 spiro atoms. The van der Waals surface area contributed by atoms with Gasteiger partial charge in [0.25, 0.3) is 5.91 Å². The first kappa shape index (κ1) is 18.2. The number of nitrogens with zero attached hydrogens (tertiary/aromatic N) is 2. The molecule has 0 saturated heterocycles. The van der Waals surface area contributed by atoms with E-state index in [1.165, 1.54) is 16.2 Å². The largest absolute Gasteiger partial charge is 0.378 e. The fraction of sp³-hybridized carbons (Fsp3) is 0.333. The maximum atomic E-state index is 12.2. The normalized spacial score (nSPS) is 11.8. The molecule has 5 nitrogen and oxygen atoms in total. The van der Waals surface area contributed by atoms with E-state index in [1.807, 2.05) is 14.1 Å². The number of carbonyl (C=O) groups is 1. The van der Waals surface area contributed by atoms with Crippen molar-refractivity contribution in [2.75, 3.05) is 37.4 Å². The topological polar surface area (TPSA) is 49.7 Å². The van der Waals surface area contributed by atoms with E-state index >= 15 is 0 Å². The van der Waals surface area contributed by atoms with Crippen LogP contribution in [-0.2, 0) is 11.3 Å². The van der Waals surface area contributed by atoms with Crippen LogP contribution in [0.15, 0.2) is 42.6 Å². The van der Waals surface area contributed by atoms with Crippen LogP contribution >= 0.6 is 11.6 Å². The van der Waals surface area contributed by atoms with Crippen molar-refractivity contribution in [2.45, 2.75) is 13.5 Å². The average Bonchev–Trinajstić information content (AvgIpc) is 2.56. The molecule has 1 amide bonds. The highest BCUT2D eigenvalue weighted by atomic mass is 35.5. The molecule has 0 aliphatic rings. The van der Waals surface area contributed by atoms with Crippen molar-refractivity contribution in [1.29, 1.82) is 0 Å². The van der Waals surface area contributed by atoms with E-state index in [0.717, 1.165) is 13.1 Å². The third kappa shape index (κ3) is 5.22. The highest BCUT2D eigenvalue weighted by Gasteiger charge is 2.14. The third-order valence-electron chi connectivity index (χ3n) is 3.85. The van der Waals surface area contributed by atoms with Crippen molar-refractivity contribution in [3.63, 3.8) is 0 Å². The second-order valence-corrected chi connectivity index (χ2v) is 6.27. The molecule has 1 atom stereocenters. The molecule has 0 saturated carbocycles. The van der Waals surface area contributed by atoms with Crippen molar-refractivity contribution in [1.82, 2.24) is 4.98 Å². The average molecular weight is 348 g/mol. The van der Waals surface area contributed by atoms with Crippen LogP contribution < -0.4 is 15.1 Å². The molecular weight excluding hydrogens is 324 g/mol. The molecule has 0 fully saturated rings. The molecule has 0 aliphatic carbocycles. The van der Waals surface area contributed by atoms with Crippen LogP contribution in [0.2, 0.25) is 5.15 Å². The summed E-state index contributed by atoms with van der Waals surface area (Å²) in [5, 5.41) is 3.13. The number of quaternary nitrogens is 1. The summed E-state index contributed by atoms with van der Waals surface area (Å²) in [4.78, 5) is 19.5. The van der Waals surface area contributed by atoms with Gasteiger partial charge in [0.1, 0.15) is 6.54 Å². The number of rotatable bonds is 7. The summed E-state index contributed by atoms with van der Waals surface area (Å²) in [7, 11) is 4.04. The summed E-state index contributed by atoms with van der Waals surface area (Å²) in [5.74, 6) is -0.0633. The lowest BCUT2D eigenvalue weighted by Gasteiger charge is -2.18. The molecule has 1 heterocycles. The Balaban J connectivity index is 1.94. The summed E-state index contributed by atoms with van der Waals surface area (Å²) in [6.07, 6.45) is 1.60. The Morgan fingerprint density at radius 2 is 1.96 bits per heavy atom. The fourth-order valence-corrected chi connectivity index (χ4v) is 2.58. The number of pyridine rings is 1. The van der Waals surface area contributed by atoms with E-state index in [-0.39, 0.29) is 5.91 Å². The molecule has 0 aliphatic heterocycles. The Kier molecular flexibility index (Phi) is 6.58. The number of likely N-dealkylation sites (N-methyl/N-ethyl adjacent to an activating group) is 1. The van der Waals surface area contributed by atoms with Crippen LogP contribution in [0.4, 0.5) is 11.4 Å². The first-order chi connectivity index (χ1) is 11.5. The molecule has 6 heteroatoms. The SMILES string of the molecule is CC[NH+](CC(=O)Nc1cccnc1Cl)Cc1ccc(N(C)C)cc1. The van der Waals surface area contributed by atoms with E-state index in [2.05, 4.69) is 46.4 Å². The third-order valence-corrected chi connectivity index (χ3v) is 4.15. The maximum absolute atomic E-state index is 12.2. The molecule has 1 aromatic carbocycles. The number of hydrogen-bond donors (Lipinski definition) is 2. The van der Waals surface area contributed by atoms with E-state index in [9.17, 15) is 4.79 Å². The lowest BCUT2D eigenvalue weighted by atomic mass is 10.2. The van der Waals surface area contributed by atoms with Crippen LogP contribution in [-0.4, -0.2) is 38.1 Å². The molecule has 1 aromatic heterocycles.